The maximum absolute atomic E-state index is 6.17. The van der Waals surface area contributed by atoms with Crippen molar-refractivity contribution in [3.63, 3.8) is 0 Å². The van der Waals surface area contributed by atoms with Crippen molar-refractivity contribution in [1.82, 2.24) is 10.2 Å². The third-order valence-electron chi connectivity index (χ3n) is 4.98. The summed E-state index contributed by atoms with van der Waals surface area (Å²) in [5, 5.41) is 3.47. The molecule has 116 valence electrons. The van der Waals surface area contributed by atoms with E-state index in [-0.39, 0.29) is 6.10 Å². The molecule has 0 saturated carbocycles. The highest BCUT2D eigenvalue weighted by atomic mass is 16.5. The molecule has 0 aromatic heterocycles. The summed E-state index contributed by atoms with van der Waals surface area (Å²) in [5.74, 6) is 0. The van der Waals surface area contributed by atoms with Gasteiger partial charge in [-0.2, -0.15) is 0 Å². The molecule has 3 heteroatoms. The Bertz CT molecular complexity index is 445. The highest BCUT2D eigenvalue weighted by Crippen LogP contribution is 2.28. The summed E-state index contributed by atoms with van der Waals surface area (Å²) in [4.78, 5) is 2.62. The Kier molecular flexibility index (Phi) is 4.94. The second-order valence-corrected chi connectivity index (χ2v) is 6.42. The van der Waals surface area contributed by atoms with Gasteiger partial charge in [-0.1, -0.05) is 37.6 Å². The first-order chi connectivity index (χ1) is 10.3. The number of nitrogens with zero attached hydrogens (tertiary/aromatic N) is 1. The van der Waals surface area contributed by atoms with Crippen LogP contribution in [0.2, 0.25) is 0 Å². The number of hydrogen-bond donors (Lipinski definition) is 1. The Labute approximate surface area is 128 Å². The van der Waals surface area contributed by atoms with Gasteiger partial charge in [0.25, 0.3) is 0 Å². The van der Waals surface area contributed by atoms with Crippen molar-refractivity contribution in [3.8, 4) is 0 Å². The van der Waals surface area contributed by atoms with E-state index in [9.17, 15) is 0 Å². The molecule has 0 spiro atoms. The maximum Gasteiger partial charge on any atom is 0.0897 e. The van der Waals surface area contributed by atoms with E-state index in [2.05, 4.69) is 41.4 Å². The molecule has 1 aromatic rings. The molecule has 0 amide bonds. The highest BCUT2D eigenvalue weighted by Gasteiger charge is 2.35. The molecule has 21 heavy (non-hydrogen) atoms. The lowest BCUT2D eigenvalue weighted by atomic mass is 9.97. The second kappa shape index (κ2) is 6.91. The normalized spacial score (nSPS) is 27.5. The molecule has 3 nitrogen and oxygen atoms in total. The van der Waals surface area contributed by atoms with Crippen LogP contribution in [-0.2, 0) is 11.2 Å². The van der Waals surface area contributed by atoms with Crippen molar-refractivity contribution in [3.05, 3.63) is 35.4 Å². The lowest BCUT2D eigenvalue weighted by Gasteiger charge is -2.39. The molecule has 2 aliphatic heterocycles. The Morgan fingerprint density at radius 2 is 2.14 bits per heavy atom. The molecular weight excluding hydrogens is 260 g/mol. The Morgan fingerprint density at radius 1 is 1.33 bits per heavy atom. The fourth-order valence-corrected chi connectivity index (χ4v) is 3.79. The van der Waals surface area contributed by atoms with E-state index in [0.717, 1.165) is 13.2 Å². The van der Waals surface area contributed by atoms with Gasteiger partial charge in [0, 0.05) is 12.6 Å². The van der Waals surface area contributed by atoms with E-state index in [1.165, 1.54) is 43.4 Å². The van der Waals surface area contributed by atoms with Crippen LogP contribution < -0.4 is 5.32 Å². The molecule has 0 aliphatic carbocycles. The van der Waals surface area contributed by atoms with E-state index in [4.69, 9.17) is 4.74 Å². The molecule has 0 radical (unpaired) electrons. The Hall–Kier alpha value is -0.900. The van der Waals surface area contributed by atoms with Crippen LogP contribution >= 0.6 is 0 Å². The summed E-state index contributed by atoms with van der Waals surface area (Å²) in [6.45, 7) is 5.44. The maximum atomic E-state index is 6.17. The topological polar surface area (TPSA) is 24.5 Å². The first-order valence-corrected chi connectivity index (χ1v) is 8.43. The van der Waals surface area contributed by atoms with Crippen LogP contribution in [0.5, 0.6) is 0 Å². The number of fused-ring (bicyclic) bond motifs is 1. The van der Waals surface area contributed by atoms with Crippen LogP contribution in [0.4, 0.5) is 0 Å². The van der Waals surface area contributed by atoms with Gasteiger partial charge in [-0.15, -0.1) is 0 Å². The van der Waals surface area contributed by atoms with Crippen molar-refractivity contribution in [2.45, 2.75) is 50.8 Å². The molecule has 2 heterocycles. The Morgan fingerprint density at radius 3 is 2.86 bits per heavy atom. The van der Waals surface area contributed by atoms with Gasteiger partial charge in [-0.25, -0.2) is 0 Å². The summed E-state index contributed by atoms with van der Waals surface area (Å²) in [7, 11) is 2.05. The summed E-state index contributed by atoms with van der Waals surface area (Å²) < 4.78 is 6.17. The van der Waals surface area contributed by atoms with Gasteiger partial charge in [0.2, 0.25) is 0 Å². The predicted octanol–water partition coefficient (Wildman–Crippen LogP) is 2.76. The smallest absolute Gasteiger partial charge is 0.0897 e. The third-order valence-corrected chi connectivity index (χ3v) is 4.98. The minimum absolute atomic E-state index is 0.265. The molecule has 1 aromatic carbocycles. The third kappa shape index (κ3) is 3.31. The fraction of sp³-hybridized carbons (Fsp3) is 0.667. The van der Waals surface area contributed by atoms with Crippen LogP contribution in [0, 0.1) is 0 Å². The van der Waals surface area contributed by atoms with Crippen molar-refractivity contribution < 1.29 is 4.74 Å². The summed E-state index contributed by atoms with van der Waals surface area (Å²) >= 11 is 0. The van der Waals surface area contributed by atoms with Crippen molar-refractivity contribution in [1.29, 1.82) is 0 Å². The number of nitrogens with one attached hydrogen (secondary N) is 1. The van der Waals surface area contributed by atoms with Crippen LogP contribution in [-0.4, -0.2) is 43.8 Å². The van der Waals surface area contributed by atoms with Gasteiger partial charge in [-0.3, -0.25) is 4.90 Å². The number of hydrogen-bond acceptors (Lipinski definition) is 3. The average Bonchev–Trinajstić information content (AvgIpc) is 2.98. The zero-order chi connectivity index (χ0) is 14.7. The number of benzene rings is 1. The summed E-state index contributed by atoms with van der Waals surface area (Å²) in [6.07, 6.45) is 5.28. The molecule has 0 bridgehead atoms. The van der Waals surface area contributed by atoms with Crippen LogP contribution in [0.3, 0.4) is 0 Å². The molecule has 2 saturated heterocycles. The molecule has 3 atom stereocenters. The van der Waals surface area contributed by atoms with Crippen molar-refractivity contribution in [2.75, 3.05) is 26.7 Å². The van der Waals surface area contributed by atoms with Gasteiger partial charge >= 0.3 is 0 Å². The lowest BCUT2D eigenvalue weighted by Crippen LogP contribution is -2.50. The monoisotopic (exact) mass is 288 g/mol. The van der Waals surface area contributed by atoms with Gasteiger partial charge in [0.15, 0.2) is 0 Å². The second-order valence-electron chi connectivity index (χ2n) is 6.42. The number of likely N-dealkylation sites (N-methyl/N-ethyl adjacent to an activating group) is 1. The van der Waals surface area contributed by atoms with E-state index >= 15 is 0 Å². The zero-order valence-electron chi connectivity index (χ0n) is 13.3. The quantitative estimate of drug-likeness (QED) is 0.901. The first-order valence-electron chi connectivity index (χ1n) is 8.43. The average molecular weight is 288 g/mol. The predicted molar refractivity (Wildman–Crippen MR) is 86.6 cm³/mol. The standard InChI is InChI=1S/C18H28N2O/c1-3-5-14-7-9-15(10-8-14)18(19-2)17-12-20-11-4-6-16(20)13-21-17/h7-10,16-19H,3-6,11-13H2,1-2H3. The van der Waals surface area contributed by atoms with Gasteiger partial charge in [0.1, 0.15) is 0 Å². The molecule has 1 N–H and O–H groups in total. The SMILES string of the molecule is CCCc1ccc(C(NC)C2CN3CCCC3CO2)cc1. The van der Waals surface area contributed by atoms with Gasteiger partial charge in [-0.05, 0) is 44.0 Å². The molecule has 3 rings (SSSR count). The summed E-state index contributed by atoms with van der Waals surface area (Å²) in [6, 6.07) is 10.0. The minimum atomic E-state index is 0.265. The van der Waals surface area contributed by atoms with Gasteiger partial charge in [0.05, 0.1) is 18.8 Å². The minimum Gasteiger partial charge on any atom is -0.373 e. The molecule has 2 aliphatic rings. The molecule has 2 fully saturated rings. The van der Waals surface area contributed by atoms with Crippen molar-refractivity contribution >= 4 is 0 Å². The van der Waals surface area contributed by atoms with Gasteiger partial charge < -0.3 is 10.1 Å². The Balaban J connectivity index is 1.69. The van der Waals surface area contributed by atoms with Crippen molar-refractivity contribution in [2.24, 2.45) is 0 Å². The molecular formula is C18H28N2O. The zero-order valence-corrected chi connectivity index (χ0v) is 13.3. The number of aryl methyl sites for hydroxylation is 1. The van der Waals surface area contributed by atoms with Crippen LogP contribution in [0.25, 0.3) is 0 Å². The fourth-order valence-electron chi connectivity index (χ4n) is 3.79. The van der Waals surface area contributed by atoms with E-state index in [1.54, 1.807) is 0 Å². The lowest BCUT2D eigenvalue weighted by molar-refractivity contribution is -0.0642. The van der Waals surface area contributed by atoms with E-state index < -0.39 is 0 Å². The summed E-state index contributed by atoms with van der Waals surface area (Å²) in [5.41, 5.74) is 2.78. The van der Waals surface area contributed by atoms with E-state index in [1.807, 2.05) is 7.05 Å². The number of ether oxygens (including phenoxy) is 1. The van der Waals surface area contributed by atoms with Crippen LogP contribution in [0.1, 0.15) is 43.4 Å². The molecule has 3 unspecified atom stereocenters. The van der Waals surface area contributed by atoms with Crippen LogP contribution in [0.15, 0.2) is 24.3 Å². The number of rotatable bonds is 5. The first kappa shape index (κ1) is 15.0. The largest absolute Gasteiger partial charge is 0.373 e. The number of morpholine rings is 1. The highest BCUT2D eigenvalue weighted by molar-refractivity contribution is 5.26. The van der Waals surface area contributed by atoms with E-state index in [0.29, 0.717) is 12.1 Å².